The number of hydrogen-bond acceptors (Lipinski definition) is 3. The molecule has 3 nitrogen and oxygen atoms in total. The number of ether oxygens (including phenoxy) is 1. The van der Waals surface area contributed by atoms with E-state index in [2.05, 4.69) is 24.8 Å². The van der Waals surface area contributed by atoms with Crippen molar-refractivity contribution in [1.82, 2.24) is 4.90 Å². The second-order valence-corrected chi connectivity index (χ2v) is 3.75. The maximum atomic E-state index is 8.74. The molecule has 14 heavy (non-hydrogen) atoms. The van der Waals surface area contributed by atoms with Crippen molar-refractivity contribution in [3.63, 3.8) is 0 Å². The molecule has 0 bridgehead atoms. The fraction of sp³-hybridized carbons (Fsp3) is 0.909. The molecule has 0 rings (SSSR count). The van der Waals surface area contributed by atoms with Crippen LogP contribution in [-0.4, -0.2) is 37.7 Å². The molecule has 2 atom stereocenters. The molecule has 3 heteroatoms. The SMILES string of the molecule is CCN(CC(C)C#N)C(C)CCOC. The summed E-state index contributed by atoms with van der Waals surface area (Å²) >= 11 is 0. The molecule has 0 fully saturated rings. The van der Waals surface area contributed by atoms with E-state index in [0.29, 0.717) is 6.04 Å². The molecule has 0 amide bonds. The fourth-order valence-corrected chi connectivity index (χ4v) is 1.48. The summed E-state index contributed by atoms with van der Waals surface area (Å²) in [4.78, 5) is 2.33. The highest BCUT2D eigenvalue weighted by Gasteiger charge is 2.14. The van der Waals surface area contributed by atoms with Crippen LogP contribution in [0.2, 0.25) is 0 Å². The van der Waals surface area contributed by atoms with Gasteiger partial charge >= 0.3 is 0 Å². The maximum Gasteiger partial charge on any atom is 0.0666 e. The highest BCUT2D eigenvalue weighted by Crippen LogP contribution is 2.07. The Labute approximate surface area is 87.7 Å². The van der Waals surface area contributed by atoms with E-state index >= 15 is 0 Å². The Morgan fingerprint density at radius 1 is 1.43 bits per heavy atom. The Hall–Kier alpha value is -0.590. The van der Waals surface area contributed by atoms with E-state index in [1.165, 1.54) is 0 Å². The molecule has 0 aromatic rings. The summed E-state index contributed by atoms with van der Waals surface area (Å²) in [5.74, 6) is 0.111. The predicted molar refractivity (Wildman–Crippen MR) is 58.0 cm³/mol. The van der Waals surface area contributed by atoms with E-state index in [0.717, 1.165) is 26.1 Å². The van der Waals surface area contributed by atoms with Gasteiger partial charge in [-0.2, -0.15) is 5.26 Å². The normalized spacial score (nSPS) is 15.1. The van der Waals surface area contributed by atoms with Crippen LogP contribution < -0.4 is 0 Å². The summed E-state index contributed by atoms with van der Waals surface area (Å²) in [6.07, 6.45) is 1.03. The molecule has 0 saturated carbocycles. The number of nitriles is 1. The van der Waals surface area contributed by atoms with E-state index in [4.69, 9.17) is 10.00 Å². The Balaban J connectivity index is 3.93. The molecule has 0 aliphatic rings. The summed E-state index contributed by atoms with van der Waals surface area (Å²) < 4.78 is 5.05. The van der Waals surface area contributed by atoms with Crippen LogP contribution in [0.15, 0.2) is 0 Å². The van der Waals surface area contributed by atoms with E-state index < -0.39 is 0 Å². The Morgan fingerprint density at radius 3 is 2.50 bits per heavy atom. The minimum atomic E-state index is 0.111. The number of rotatable bonds is 7. The summed E-state index contributed by atoms with van der Waals surface area (Å²) in [7, 11) is 1.72. The fourth-order valence-electron chi connectivity index (χ4n) is 1.48. The van der Waals surface area contributed by atoms with Gasteiger partial charge < -0.3 is 4.74 Å². The first kappa shape index (κ1) is 13.4. The van der Waals surface area contributed by atoms with Crippen LogP contribution >= 0.6 is 0 Å². The van der Waals surface area contributed by atoms with E-state index in [1.807, 2.05) is 6.92 Å². The maximum absolute atomic E-state index is 8.74. The van der Waals surface area contributed by atoms with Gasteiger partial charge in [-0.05, 0) is 26.8 Å². The summed E-state index contributed by atoms with van der Waals surface area (Å²) in [5.41, 5.74) is 0. The summed E-state index contributed by atoms with van der Waals surface area (Å²) in [5, 5.41) is 8.74. The van der Waals surface area contributed by atoms with Crippen LogP contribution in [0, 0.1) is 17.2 Å². The summed E-state index contributed by atoms with van der Waals surface area (Å²) in [6, 6.07) is 2.76. The lowest BCUT2D eigenvalue weighted by molar-refractivity contribution is 0.136. The van der Waals surface area contributed by atoms with Crippen molar-refractivity contribution in [2.45, 2.75) is 33.2 Å². The van der Waals surface area contributed by atoms with Crippen molar-refractivity contribution >= 4 is 0 Å². The molecule has 82 valence electrons. The van der Waals surface area contributed by atoms with Crippen molar-refractivity contribution in [2.75, 3.05) is 26.8 Å². The van der Waals surface area contributed by atoms with Crippen LogP contribution in [0.1, 0.15) is 27.2 Å². The molecule has 0 aliphatic heterocycles. The van der Waals surface area contributed by atoms with Crippen molar-refractivity contribution in [3.8, 4) is 6.07 Å². The molecule has 0 aromatic heterocycles. The van der Waals surface area contributed by atoms with Gasteiger partial charge in [0.25, 0.3) is 0 Å². The molecule has 0 heterocycles. The zero-order valence-electron chi connectivity index (χ0n) is 9.79. The second-order valence-electron chi connectivity index (χ2n) is 3.75. The number of methoxy groups -OCH3 is 1. The van der Waals surface area contributed by atoms with Crippen LogP contribution in [0.4, 0.5) is 0 Å². The van der Waals surface area contributed by atoms with E-state index in [1.54, 1.807) is 7.11 Å². The minimum absolute atomic E-state index is 0.111. The molecular formula is C11H22N2O. The lowest BCUT2D eigenvalue weighted by atomic mass is 10.1. The zero-order valence-corrected chi connectivity index (χ0v) is 9.79. The molecule has 0 N–H and O–H groups in total. The quantitative estimate of drug-likeness (QED) is 0.627. The lowest BCUT2D eigenvalue weighted by Crippen LogP contribution is -2.36. The van der Waals surface area contributed by atoms with Gasteiger partial charge in [0.1, 0.15) is 0 Å². The predicted octanol–water partition coefficient (Wildman–Crippen LogP) is 1.89. The van der Waals surface area contributed by atoms with E-state index in [9.17, 15) is 0 Å². The third-order valence-corrected chi connectivity index (χ3v) is 2.50. The Kier molecular flexibility index (Phi) is 7.45. The van der Waals surface area contributed by atoms with Crippen LogP contribution in [0.25, 0.3) is 0 Å². The average Bonchev–Trinajstić information content (AvgIpc) is 2.21. The first-order chi connectivity index (χ1) is 6.65. The first-order valence-corrected chi connectivity index (χ1v) is 5.28. The largest absolute Gasteiger partial charge is 0.385 e. The van der Waals surface area contributed by atoms with Gasteiger partial charge in [-0.25, -0.2) is 0 Å². The average molecular weight is 198 g/mol. The van der Waals surface area contributed by atoms with Gasteiger partial charge in [-0.3, -0.25) is 4.90 Å². The highest BCUT2D eigenvalue weighted by molar-refractivity contribution is 4.82. The van der Waals surface area contributed by atoms with Gasteiger partial charge in [-0.15, -0.1) is 0 Å². The van der Waals surface area contributed by atoms with Gasteiger partial charge in [-0.1, -0.05) is 6.92 Å². The third-order valence-electron chi connectivity index (χ3n) is 2.50. The third kappa shape index (κ3) is 5.21. The van der Waals surface area contributed by atoms with Gasteiger partial charge in [0.05, 0.1) is 12.0 Å². The minimum Gasteiger partial charge on any atom is -0.385 e. The van der Waals surface area contributed by atoms with Crippen molar-refractivity contribution in [1.29, 1.82) is 5.26 Å². The van der Waals surface area contributed by atoms with Crippen molar-refractivity contribution in [3.05, 3.63) is 0 Å². The molecule has 0 aromatic carbocycles. The lowest BCUT2D eigenvalue weighted by Gasteiger charge is -2.28. The van der Waals surface area contributed by atoms with E-state index in [-0.39, 0.29) is 5.92 Å². The number of nitrogens with zero attached hydrogens (tertiary/aromatic N) is 2. The Morgan fingerprint density at radius 2 is 2.07 bits per heavy atom. The smallest absolute Gasteiger partial charge is 0.0666 e. The molecule has 0 spiro atoms. The molecular weight excluding hydrogens is 176 g/mol. The Bertz CT molecular complexity index is 177. The zero-order chi connectivity index (χ0) is 11.0. The van der Waals surface area contributed by atoms with Crippen molar-refractivity contribution < 1.29 is 4.74 Å². The highest BCUT2D eigenvalue weighted by atomic mass is 16.5. The monoisotopic (exact) mass is 198 g/mol. The second kappa shape index (κ2) is 7.78. The molecule has 0 saturated heterocycles. The molecule has 2 unspecified atom stereocenters. The van der Waals surface area contributed by atoms with Gasteiger partial charge in [0.15, 0.2) is 0 Å². The topological polar surface area (TPSA) is 36.3 Å². The van der Waals surface area contributed by atoms with Gasteiger partial charge in [0.2, 0.25) is 0 Å². The molecule has 0 aliphatic carbocycles. The standard InChI is InChI=1S/C11H22N2O/c1-5-13(9-10(2)8-12)11(3)6-7-14-4/h10-11H,5-7,9H2,1-4H3. The number of hydrogen-bond donors (Lipinski definition) is 0. The van der Waals surface area contributed by atoms with Crippen molar-refractivity contribution in [2.24, 2.45) is 5.92 Å². The van der Waals surface area contributed by atoms with Gasteiger partial charge in [0, 0.05) is 26.3 Å². The van der Waals surface area contributed by atoms with Crippen LogP contribution in [0.3, 0.4) is 0 Å². The summed E-state index contributed by atoms with van der Waals surface area (Å²) in [6.45, 7) is 8.93. The molecule has 0 radical (unpaired) electrons. The van der Waals surface area contributed by atoms with Crippen LogP contribution in [-0.2, 0) is 4.74 Å². The first-order valence-electron chi connectivity index (χ1n) is 5.28. The van der Waals surface area contributed by atoms with Crippen LogP contribution in [0.5, 0.6) is 0 Å².